The molecule has 106 valence electrons. The van der Waals surface area contributed by atoms with Gasteiger partial charge in [0.1, 0.15) is 0 Å². The summed E-state index contributed by atoms with van der Waals surface area (Å²) in [4.78, 5) is 4.43. The topological polar surface area (TPSA) is 64.9 Å². The van der Waals surface area contributed by atoms with Gasteiger partial charge in [-0.2, -0.15) is 4.98 Å². The zero-order chi connectivity index (χ0) is 14.8. The number of halogens is 1. The highest BCUT2D eigenvalue weighted by Gasteiger charge is 2.13. The molecule has 0 aliphatic heterocycles. The van der Waals surface area contributed by atoms with Crippen molar-refractivity contribution in [3.8, 4) is 11.5 Å². The average Bonchev–Trinajstić information content (AvgIpc) is 2.93. The largest absolute Gasteiger partial charge is 0.398 e. The second-order valence-electron chi connectivity index (χ2n) is 4.80. The molecule has 0 aliphatic carbocycles. The Labute approximate surface area is 127 Å². The van der Waals surface area contributed by atoms with Crippen molar-refractivity contribution in [2.75, 3.05) is 5.73 Å². The van der Waals surface area contributed by atoms with Crippen LogP contribution in [0, 0.1) is 6.92 Å². The van der Waals surface area contributed by atoms with Gasteiger partial charge in [-0.1, -0.05) is 41.0 Å². The lowest BCUT2D eigenvalue weighted by molar-refractivity contribution is 0.423. The Kier molecular flexibility index (Phi) is 3.62. The van der Waals surface area contributed by atoms with Crippen molar-refractivity contribution in [2.45, 2.75) is 13.3 Å². The molecule has 2 aromatic carbocycles. The van der Waals surface area contributed by atoms with Crippen molar-refractivity contribution in [3.63, 3.8) is 0 Å². The Morgan fingerprint density at radius 1 is 1.14 bits per heavy atom. The summed E-state index contributed by atoms with van der Waals surface area (Å²) in [6.45, 7) is 1.93. The zero-order valence-corrected chi connectivity index (χ0v) is 12.3. The van der Waals surface area contributed by atoms with E-state index in [9.17, 15) is 0 Å². The number of hydrogen-bond donors (Lipinski definition) is 1. The maximum absolute atomic E-state index is 6.14. The highest BCUT2D eigenvalue weighted by Crippen LogP contribution is 2.26. The maximum atomic E-state index is 6.14. The molecule has 0 aliphatic rings. The standard InChI is InChI=1S/C16H14ClN3O/c1-10-12(6-4-8-14(10)18)16-19-15(20-21-16)9-11-5-2-3-7-13(11)17/h2-8H,9,18H2,1H3. The lowest BCUT2D eigenvalue weighted by Gasteiger charge is -2.03. The van der Waals surface area contributed by atoms with Gasteiger partial charge in [-0.25, -0.2) is 0 Å². The first kappa shape index (κ1) is 13.6. The normalized spacial score (nSPS) is 10.8. The molecule has 1 aromatic heterocycles. The van der Waals surface area contributed by atoms with Crippen LogP contribution in [0.25, 0.3) is 11.5 Å². The molecule has 0 fully saturated rings. The summed E-state index contributed by atoms with van der Waals surface area (Å²) in [6, 6.07) is 13.3. The molecule has 0 saturated carbocycles. The van der Waals surface area contributed by atoms with Gasteiger partial charge in [-0.05, 0) is 36.2 Å². The van der Waals surface area contributed by atoms with Crippen LogP contribution in [0.15, 0.2) is 47.0 Å². The Balaban J connectivity index is 1.90. The molecular formula is C16H14ClN3O. The van der Waals surface area contributed by atoms with Gasteiger partial charge >= 0.3 is 0 Å². The molecule has 2 N–H and O–H groups in total. The van der Waals surface area contributed by atoms with Crippen LogP contribution in [0.4, 0.5) is 5.69 Å². The molecule has 21 heavy (non-hydrogen) atoms. The predicted molar refractivity (Wildman–Crippen MR) is 83.1 cm³/mol. The third kappa shape index (κ3) is 2.76. The van der Waals surface area contributed by atoms with Crippen molar-refractivity contribution in [1.82, 2.24) is 10.1 Å². The summed E-state index contributed by atoms with van der Waals surface area (Å²) in [6.07, 6.45) is 0.532. The zero-order valence-electron chi connectivity index (χ0n) is 11.5. The van der Waals surface area contributed by atoms with E-state index in [4.69, 9.17) is 21.9 Å². The lowest BCUT2D eigenvalue weighted by atomic mass is 10.1. The van der Waals surface area contributed by atoms with Crippen LogP contribution in [0.3, 0.4) is 0 Å². The first-order valence-corrected chi connectivity index (χ1v) is 6.94. The lowest BCUT2D eigenvalue weighted by Crippen LogP contribution is -1.93. The van der Waals surface area contributed by atoms with E-state index in [1.165, 1.54) is 0 Å². The molecular weight excluding hydrogens is 286 g/mol. The second kappa shape index (κ2) is 5.58. The van der Waals surface area contributed by atoms with E-state index in [-0.39, 0.29) is 0 Å². The van der Waals surface area contributed by atoms with Crippen LogP contribution >= 0.6 is 11.6 Å². The SMILES string of the molecule is Cc1c(N)cccc1-c1nc(Cc2ccccc2Cl)no1. The van der Waals surface area contributed by atoms with Gasteiger partial charge in [0.15, 0.2) is 5.82 Å². The minimum atomic E-state index is 0.474. The molecule has 0 atom stereocenters. The molecule has 0 saturated heterocycles. The van der Waals surface area contributed by atoms with Crippen LogP contribution in [-0.2, 0) is 6.42 Å². The van der Waals surface area contributed by atoms with Crippen molar-refractivity contribution in [2.24, 2.45) is 0 Å². The number of nitrogens with zero attached hydrogens (tertiary/aromatic N) is 2. The molecule has 0 unspecified atom stereocenters. The number of anilines is 1. The predicted octanol–water partition coefficient (Wildman–Crippen LogP) is 3.87. The summed E-state index contributed by atoms with van der Waals surface area (Å²) >= 11 is 6.14. The van der Waals surface area contributed by atoms with Gasteiger partial charge in [-0.15, -0.1) is 0 Å². The number of aromatic nitrogens is 2. The summed E-state index contributed by atoms with van der Waals surface area (Å²) in [5, 5.41) is 4.71. The minimum absolute atomic E-state index is 0.474. The van der Waals surface area contributed by atoms with E-state index in [1.807, 2.05) is 49.4 Å². The monoisotopic (exact) mass is 299 g/mol. The van der Waals surface area contributed by atoms with Crippen LogP contribution in [-0.4, -0.2) is 10.1 Å². The maximum Gasteiger partial charge on any atom is 0.258 e. The Morgan fingerprint density at radius 2 is 1.95 bits per heavy atom. The highest BCUT2D eigenvalue weighted by molar-refractivity contribution is 6.31. The summed E-state index contributed by atoms with van der Waals surface area (Å²) in [7, 11) is 0. The number of hydrogen-bond acceptors (Lipinski definition) is 4. The van der Waals surface area contributed by atoms with Gasteiger partial charge < -0.3 is 10.3 Å². The smallest absolute Gasteiger partial charge is 0.258 e. The number of rotatable bonds is 3. The molecule has 0 bridgehead atoms. The summed E-state index contributed by atoms with van der Waals surface area (Å²) in [5.74, 6) is 1.07. The summed E-state index contributed by atoms with van der Waals surface area (Å²) in [5.41, 5.74) is 9.37. The molecule has 3 rings (SSSR count). The third-order valence-corrected chi connectivity index (χ3v) is 3.75. The molecule has 1 heterocycles. The fourth-order valence-electron chi connectivity index (χ4n) is 2.13. The van der Waals surface area contributed by atoms with E-state index in [1.54, 1.807) is 0 Å². The van der Waals surface area contributed by atoms with Crippen LogP contribution in [0.5, 0.6) is 0 Å². The Bertz CT molecular complexity index is 783. The number of nitrogens with two attached hydrogens (primary N) is 1. The van der Waals surface area contributed by atoms with E-state index in [2.05, 4.69) is 10.1 Å². The van der Waals surface area contributed by atoms with Crippen LogP contribution < -0.4 is 5.73 Å². The molecule has 3 aromatic rings. The van der Waals surface area contributed by atoms with Crippen LogP contribution in [0.2, 0.25) is 5.02 Å². The van der Waals surface area contributed by atoms with E-state index in [0.717, 1.165) is 16.7 Å². The molecule has 4 nitrogen and oxygen atoms in total. The number of benzene rings is 2. The van der Waals surface area contributed by atoms with Gasteiger partial charge in [-0.3, -0.25) is 0 Å². The van der Waals surface area contributed by atoms with Crippen LogP contribution in [0.1, 0.15) is 17.0 Å². The van der Waals surface area contributed by atoms with Gasteiger partial charge in [0.2, 0.25) is 0 Å². The van der Waals surface area contributed by atoms with Gasteiger partial charge in [0.25, 0.3) is 5.89 Å². The van der Waals surface area contributed by atoms with E-state index >= 15 is 0 Å². The number of nitrogen functional groups attached to an aromatic ring is 1. The van der Waals surface area contributed by atoms with Crippen molar-refractivity contribution in [3.05, 3.63) is 64.4 Å². The van der Waals surface area contributed by atoms with Gasteiger partial charge in [0.05, 0.1) is 0 Å². The summed E-state index contributed by atoms with van der Waals surface area (Å²) < 4.78 is 5.34. The quantitative estimate of drug-likeness (QED) is 0.746. The van der Waals surface area contributed by atoms with E-state index < -0.39 is 0 Å². The first-order chi connectivity index (χ1) is 10.1. The van der Waals surface area contributed by atoms with Gasteiger partial charge in [0, 0.05) is 22.7 Å². The van der Waals surface area contributed by atoms with Crippen molar-refractivity contribution < 1.29 is 4.52 Å². The second-order valence-corrected chi connectivity index (χ2v) is 5.21. The molecule has 0 spiro atoms. The Morgan fingerprint density at radius 3 is 2.76 bits per heavy atom. The van der Waals surface area contributed by atoms with E-state index in [0.29, 0.717) is 28.8 Å². The molecule has 5 heteroatoms. The third-order valence-electron chi connectivity index (χ3n) is 3.38. The van der Waals surface area contributed by atoms with Crippen molar-refractivity contribution >= 4 is 17.3 Å². The first-order valence-electron chi connectivity index (χ1n) is 6.56. The molecule has 0 radical (unpaired) electrons. The minimum Gasteiger partial charge on any atom is -0.398 e. The Hall–Kier alpha value is -2.33. The highest BCUT2D eigenvalue weighted by atomic mass is 35.5. The molecule has 0 amide bonds. The van der Waals surface area contributed by atoms with Crippen molar-refractivity contribution in [1.29, 1.82) is 0 Å². The fraction of sp³-hybridized carbons (Fsp3) is 0.125. The fourth-order valence-corrected chi connectivity index (χ4v) is 2.34. The average molecular weight is 300 g/mol.